The smallest absolute Gasteiger partial charge is 0.252 e. The second-order valence-electron chi connectivity index (χ2n) is 12.4. The summed E-state index contributed by atoms with van der Waals surface area (Å²) in [4.78, 5) is 5.11. The van der Waals surface area contributed by atoms with E-state index in [1.54, 1.807) is 0 Å². The summed E-state index contributed by atoms with van der Waals surface area (Å²) in [5.74, 6) is 0.609. The number of anilines is 6. The van der Waals surface area contributed by atoms with Crippen LogP contribution in [0.2, 0.25) is 0 Å². The van der Waals surface area contributed by atoms with E-state index >= 15 is 0 Å². The summed E-state index contributed by atoms with van der Waals surface area (Å²) >= 11 is 0. The number of benzene rings is 5. The number of rotatable bonds is 4. The number of nitrogens with zero attached hydrogens (tertiary/aromatic N) is 2. The van der Waals surface area contributed by atoms with Gasteiger partial charge in [0, 0.05) is 34.1 Å². The Kier molecular flexibility index (Phi) is 6.21. The van der Waals surface area contributed by atoms with Gasteiger partial charge in [0.1, 0.15) is 0 Å². The highest BCUT2D eigenvalue weighted by atomic mass is 15.2. The molecule has 2 nitrogen and oxygen atoms in total. The van der Waals surface area contributed by atoms with Crippen LogP contribution in [0.4, 0.5) is 34.1 Å². The Bertz CT molecular complexity index is 1750. The third-order valence-corrected chi connectivity index (χ3v) is 9.82. The van der Waals surface area contributed by atoms with Crippen molar-refractivity contribution in [2.24, 2.45) is 0 Å². The predicted octanol–water partition coefficient (Wildman–Crippen LogP) is 8.69. The molecule has 2 heterocycles. The molecule has 0 aromatic heterocycles. The van der Waals surface area contributed by atoms with E-state index < -0.39 is 0 Å². The van der Waals surface area contributed by atoms with Crippen LogP contribution in [-0.2, 0) is 6.42 Å². The minimum absolute atomic E-state index is 0.187. The second kappa shape index (κ2) is 10.2. The molecular formula is C39H37BN2. The zero-order valence-electron chi connectivity index (χ0n) is 24.7. The molecule has 0 amide bonds. The van der Waals surface area contributed by atoms with E-state index in [0.29, 0.717) is 5.92 Å². The van der Waals surface area contributed by atoms with E-state index in [2.05, 4.69) is 133 Å². The summed E-state index contributed by atoms with van der Waals surface area (Å²) in [5.41, 5.74) is 16.2. The van der Waals surface area contributed by atoms with Gasteiger partial charge in [-0.1, -0.05) is 92.4 Å². The molecule has 5 aromatic carbocycles. The first-order valence-corrected chi connectivity index (χ1v) is 15.8. The molecule has 1 fully saturated rings. The van der Waals surface area contributed by atoms with Gasteiger partial charge in [0.05, 0.1) is 0 Å². The van der Waals surface area contributed by atoms with Gasteiger partial charge in [-0.2, -0.15) is 0 Å². The van der Waals surface area contributed by atoms with E-state index in [1.165, 1.54) is 99.3 Å². The van der Waals surface area contributed by atoms with Crippen molar-refractivity contribution < 1.29 is 0 Å². The summed E-state index contributed by atoms with van der Waals surface area (Å²) < 4.78 is 0. The van der Waals surface area contributed by atoms with Crippen LogP contribution >= 0.6 is 0 Å². The lowest BCUT2D eigenvalue weighted by Gasteiger charge is -2.45. The van der Waals surface area contributed by atoms with Crippen molar-refractivity contribution in [2.75, 3.05) is 9.80 Å². The molecule has 3 aliphatic rings. The number of fused-ring (bicyclic) bond motifs is 4. The van der Waals surface area contributed by atoms with Crippen molar-refractivity contribution in [3.8, 4) is 0 Å². The lowest BCUT2D eigenvalue weighted by Crippen LogP contribution is -2.61. The van der Waals surface area contributed by atoms with E-state index in [-0.39, 0.29) is 6.71 Å². The molecule has 42 heavy (non-hydrogen) atoms. The summed E-state index contributed by atoms with van der Waals surface area (Å²) in [6.07, 6.45) is 7.62. The molecular weight excluding hydrogens is 507 g/mol. The molecule has 5 aromatic rings. The standard InChI is InChI=1S/C39H37BN2/c1-3-28-20-22-36-34(24-28)40-33-23-27(2)19-21-35(33)41(31-15-9-5-10-16-31)37-25-30(29-13-7-4-8-14-29)26-38(39(37)40)42(36)32-17-11-6-12-18-32/h5-6,9-12,15-26,29H,3-4,7-8,13-14H2,1-2H3. The molecule has 2 aliphatic heterocycles. The maximum absolute atomic E-state index is 2.56. The van der Waals surface area contributed by atoms with Crippen LogP contribution in [0.25, 0.3) is 0 Å². The first-order valence-electron chi connectivity index (χ1n) is 15.8. The number of hydrogen-bond acceptors (Lipinski definition) is 2. The molecule has 206 valence electrons. The summed E-state index contributed by atoms with van der Waals surface area (Å²) in [7, 11) is 0. The highest BCUT2D eigenvalue weighted by Gasteiger charge is 2.43. The molecule has 0 atom stereocenters. The first kappa shape index (κ1) is 25.5. The monoisotopic (exact) mass is 544 g/mol. The van der Waals surface area contributed by atoms with Gasteiger partial charge in [-0.15, -0.1) is 0 Å². The normalized spacial score (nSPS) is 15.7. The van der Waals surface area contributed by atoms with Gasteiger partial charge in [0.2, 0.25) is 0 Å². The van der Waals surface area contributed by atoms with Gasteiger partial charge < -0.3 is 9.80 Å². The fraction of sp³-hybridized carbons (Fsp3) is 0.231. The van der Waals surface area contributed by atoms with Crippen LogP contribution in [0, 0.1) is 6.92 Å². The molecule has 1 aliphatic carbocycles. The van der Waals surface area contributed by atoms with E-state index in [0.717, 1.165) is 6.42 Å². The van der Waals surface area contributed by atoms with Crippen LogP contribution in [0.3, 0.4) is 0 Å². The Morgan fingerprint density at radius 3 is 1.79 bits per heavy atom. The molecule has 0 N–H and O–H groups in total. The molecule has 1 saturated carbocycles. The fourth-order valence-electron chi connectivity index (χ4n) is 7.80. The highest BCUT2D eigenvalue weighted by molar-refractivity contribution is 7.00. The summed E-state index contributed by atoms with van der Waals surface area (Å²) in [6, 6.07) is 41.5. The van der Waals surface area contributed by atoms with Crippen molar-refractivity contribution in [3.63, 3.8) is 0 Å². The third kappa shape index (κ3) is 4.01. The van der Waals surface area contributed by atoms with Gasteiger partial charge in [-0.05, 0) is 108 Å². The van der Waals surface area contributed by atoms with Gasteiger partial charge >= 0.3 is 0 Å². The maximum atomic E-state index is 2.56. The zero-order chi connectivity index (χ0) is 28.2. The van der Waals surface area contributed by atoms with Crippen molar-refractivity contribution in [3.05, 3.63) is 126 Å². The largest absolute Gasteiger partial charge is 0.311 e. The Morgan fingerprint density at radius 2 is 1.19 bits per heavy atom. The topological polar surface area (TPSA) is 6.48 Å². The SMILES string of the molecule is CCc1ccc2c(c1)B1c3cc(C)ccc3N(c3ccccc3)c3cc(C4CCCCC4)cc(c31)N2c1ccccc1. The lowest BCUT2D eigenvalue weighted by atomic mass is 9.33. The average molecular weight is 545 g/mol. The molecule has 0 radical (unpaired) electrons. The number of aryl methyl sites for hydroxylation is 2. The van der Waals surface area contributed by atoms with Crippen LogP contribution in [-0.4, -0.2) is 6.71 Å². The summed E-state index contributed by atoms with van der Waals surface area (Å²) in [5, 5.41) is 0. The molecule has 8 rings (SSSR count). The van der Waals surface area contributed by atoms with E-state index in [1.807, 2.05) is 0 Å². The van der Waals surface area contributed by atoms with Crippen molar-refractivity contribution in [1.29, 1.82) is 0 Å². The number of para-hydroxylation sites is 2. The average Bonchev–Trinajstić information content (AvgIpc) is 3.05. The fourth-order valence-corrected chi connectivity index (χ4v) is 7.80. The van der Waals surface area contributed by atoms with Crippen molar-refractivity contribution in [1.82, 2.24) is 0 Å². The predicted molar refractivity (Wildman–Crippen MR) is 180 cm³/mol. The van der Waals surface area contributed by atoms with Crippen LogP contribution in [0.5, 0.6) is 0 Å². The molecule has 3 heteroatoms. The van der Waals surface area contributed by atoms with Crippen molar-refractivity contribution in [2.45, 2.75) is 58.3 Å². The highest BCUT2D eigenvalue weighted by Crippen LogP contribution is 2.46. The zero-order valence-corrected chi connectivity index (χ0v) is 24.7. The first-order chi connectivity index (χ1) is 20.7. The van der Waals surface area contributed by atoms with Crippen LogP contribution in [0.15, 0.2) is 109 Å². The van der Waals surface area contributed by atoms with Gasteiger partial charge in [-0.25, -0.2) is 0 Å². The Morgan fingerprint density at radius 1 is 0.619 bits per heavy atom. The van der Waals surface area contributed by atoms with Crippen LogP contribution in [0.1, 0.15) is 61.6 Å². The molecule has 0 saturated heterocycles. The molecule has 0 spiro atoms. The Hall–Kier alpha value is -4.24. The molecule has 0 unspecified atom stereocenters. The van der Waals surface area contributed by atoms with Gasteiger partial charge in [-0.3, -0.25) is 0 Å². The quantitative estimate of drug-likeness (QED) is 0.205. The number of hydrogen-bond donors (Lipinski definition) is 0. The Labute approximate surface area is 250 Å². The van der Waals surface area contributed by atoms with Crippen molar-refractivity contribution >= 4 is 57.2 Å². The van der Waals surface area contributed by atoms with Crippen LogP contribution < -0.4 is 26.2 Å². The Balaban J connectivity index is 1.49. The lowest BCUT2D eigenvalue weighted by molar-refractivity contribution is 0.444. The van der Waals surface area contributed by atoms with E-state index in [4.69, 9.17) is 0 Å². The summed E-state index contributed by atoms with van der Waals surface area (Å²) in [6.45, 7) is 4.69. The molecule has 0 bridgehead atoms. The second-order valence-corrected chi connectivity index (χ2v) is 12.4. The minimum atomic E-state index is 0.187. The maximum Gasteiger partial charge on any atom is 0.252 e. The minimum Gasteiger partial charge on any atom is -0.311 e. The third-order valence-electron chi connectivity index (χ3n) is 9.82. The van der Waals surface area contributed by atoms with E-state index in [9.17, 15) is 0 Å². The van der Waals surface area contributed by atoms with Gasteiger partial charge in [0.25, 0.3) is 6.71 Å². The van der Waals surface area contributed by atoms with Gasteiger partial charge in [0.15, 0.2) is 0 Å².